The molecule has 0 aliphatic rings. The molecule has 1 rings (SSSR count). The van der Waals surface area contributed by atoms with Gasteiger partial charge in [0.1, 0.15) is 11.6 Å². The number of rotatable bonds is 7. The van der Waals surface area contributed by atoms with Crippen LogP contribution in [0.3, 0.4) is 0 Å². The van der Waals surface area contributed by atoms with Crippen molar-refractivity contribution in [2.45, 2.75) is 52.2 Å². The van der Waals surface area contributed by atoms with Crippen molar-refractivity contribution in [2.75, 3.05) is 13.1 Å². The number of aliphatic hydroxyl groups is 1. The molecule has 0 amide bonds. The third-order valence-electron chi connectivity index (χ3n) is 4.33. The van der Waals surface area contributed by atoms with Crippen LogP contribution in [0.15, 0.2) is 18.2 Å². The van der Waals surface area contributed by atoms with Crippen LogP contribution in [0.2, 0.25) is 0 Å². The van der Waals surface area contributed by atoms with Crippen LogP contribution in [0, 0.1) is 11.6 Å². The van der Waals surface area contributed by atoms with Gasteiger partial charge in [-0.05, 0) is 43.6 Å². The molecule has 1 atom stereocenters. The molecule has 2 nitrogen and oxygen atoms in total. The summed E-state index contributed by atoms with van der Waals surface area (Å²) in [4.78, 5) is 2.17. The average molecular weight is 285 g/mol. The summed E-state index contributed by atoms with van der Waals surface area (Å²) in [6.07, 6.45) is 0.511. The third-order valence-corrected chi connectivity index (χ3v) is 4.33. The lowest BCUT2D eigenvalue weighted by molar-refractivity contribution is -0.0368. The molecule has 0 saturated heterocycles. The molecule has 0 radical (unpaired) electrons. The predicted octanol–water partition coefficient (Wildman–Crippen LogP) is 3.90. The van der Waals surface area contributed by atoms with Crippen LogP contribution in [0.4, 0.5) is 8.78 Å². The van der Waals surface area contributed by atoms with Crippen LogP contribution in [0.5, 0.6) is 0 Å². The van der Waals surface area contributed by atoms with Crippen molar-refractivity contribution >= 4 is 0 Å². The molecule has 1 N–H and O–H groups in total. The molecule has 0 heterocycles. The molecule has 0 aliphatic carbocycles. The Morgan fingerprint density at radius 1 is 1.00 bits per heavy atom. The molecule has 0 spiro atoms. The quantitative estimate of drug-likeness (QED) is 0.821. The van der Waals surface area contributed by atoms with E-state index in [-0.39, 0.29) is 0 Å². The first-order chi connectivity index (χ1) is 9.44. The van der Waals surface area contributed by atoms with Crippen LogP contribution in [0.1, 0.15) is 52.2 Å². The lowest BCUT2D eigenvalue weighted by Gasteiger charge is -2.46. The summed E-state index contributed by atoms with van der Waals surface area (Å²) >= 11 is 0. The zero-order valence-electron chi connectivity index (χ0n) is 12.8. The van der Waals surface area contributed by atoms with Crippen molar-refractivity contribution < 1.29 is 13.9 Å². The number of halogens is 2. The highest BCUT2D eigenvalue weighted by Gasteiger charge is 2.40. The maximum atomic E-state index is 13.4. The Balaban J connectivity index is 3.26. The van der Waals surface area contributed by atoms with Crippen molar-refractivity contribution in [3.05, 3.63) is 35.4 Å². The molecular weight excluding hydrogens is 260 g/mol. The molecule has 0 aliphatic heterocycles. The van der Waals surface area contributed by atoms with E-state index < -0.39 is 23.3 Å². The second kappa shape index (κ2) is 7.14. The fraction of sp³-hybridized carbons (Fsp3) is 0.625. The van der Waals surface area contributed by atoms with Gasteiger partial charge in [-0.1, -0.05) is 27.7 Å². The molecule has 1 aromatic carbocycles. The number of likely N-dealkylation sites (N-methyl/N-ethyl adjacent to an activating group) is 1. The topological polar surface area (TPSA) is 23.5 Å². The predicted molar refractivity (Wildman–Crippen MR) is 77.6 cm³/mol. The van der Waals surface area contributed by atoms with E-state index in [0.29, 0.717) is 18.4 Å². The lowest BCUT2D eigenvalue weighted by atomic mass is 9.81. The van der Waals surface area contributed by atoms with Crippen molar-refractivity contribution in [3.63, 3.8) is 0 Å². The Kier molecular flexibility index (Phi) is 6.08. The van der Waals surface area contributed by atoms with E-state index in [9.17, 15) is 13.9 Å². The molecular formula is C16H25F2NO. The second-order valence-corrected chi connectivity index (χ2v) is 5.09. The first kappa shape index (κ1) is 17.1. The fourth-order valence-corrected chi connectivity index (χ4v) is 3.15. The Bertz CT molecular complexity index is 408. The van der Waals surface area contributed by atoms with Crippen molar-refractivity contribution in [2.24, 2.45) is 0 Å². The average Bonchev–Trinajstić information content (AvgIpc) is 2.43. The zero-order valence-corrected chi connectivity index (χ0v) is 12.8. The van der Waals surface area contributed by atoms with Crippen molar-refractivity contribution in [3.8, 4) is 0 Å². The Morgan fingerprint density at radius 2 is 1.45 bits per heavy atom. The summed E-state index contributed by atoms with van der Waals surface area (Å²) in [6, 6.07) is 3.27. The summed E-state index contributed by atoms with van der Waals surface area (Å²) in [5, 5.41) is 10.7. The van der Waals surface area contributed by atoms with Crippen molar-refractivity contribution in [1.82, 2.24) is 4.90 Å². The Morgan fingerprint density at radius 3 is 1.80 bits per heavy atom. The van der Waals surface area contributed by atoms with E-state index in [1.807, 2.05) is 27.7 Å². The number of benzene rings is 1. The standard InChI is InChI=1S/C16H25F2NO/c1-5-16(6-2,19(7-3)8-4)15(20)12-9-13(17)11-14(18)10-12/h9-11,15,20H,5-8H2,1-4H3. The fourth-order valence-electron chi connectivity index (χ4n) is 3.15. The van der Waals surface area contributed by atoms with Crippen molar-refractivity contribution in [1.29, 1.82) is 0 Å². The van der Waals surface area contributed by atoms with E-state index >= 15 is 0 Å². The molecule has 0 aromatic heterocycles. The molecule has 0 saturated carbocycles. The molecule has 0 fully saturated rings. The summed E-state index contributed by atoms with van der Waals surface area (Å²) in [7, 11) is 0. The molecule has 20 heavy (non-hydrogen) atoms. The van der Waals surface area contributed by atoms with Gasteiger partial charge in [-0.3, -0.25) is 4.90 Å². The maximum Gasteiger partial charge on any atom is 0.126 e. The molecule has 1 aromatic rings. The van der Waals surface area contributed by atoms with E-state index in [0.717, 1.165) is 19.2 Å². The first-order valence-corrected chi connectivity index (χ1v) is 7.34. The summed E-state index contributed by atoms with van der Waals surface area (Å²) in [6.45, 7) is 9.63. The lowest BCUT2D eigenvalue weighted by Crippen LogP contribution is -2.52. The van der Waals surface area contributed by atoms with Gasteiger partial charge in [-0.25, -0.2) is 8.78 Å². The van der Waals surface area contributed by atoms with Gasteiger partial charge in [-0.15, -0.1) is 0 Å². The Labute approximate surface area is 120 Å². The SMILES string of the molecule is CCN(CC)C(CC)(CC)C(O)c1cc(F)cc(F)c1. The second-order valence-electron chi connectivity index (χ2n) is 5.09. The molecule has 0 bridgehead atoms. The zero-order chi connectivity index (χ0) is 15.3. The van der Waals surface area contributed by atoms with Gasteiger partial charge in [0.05, 0.1) is 11.6 Å². The summed E-state index contributed by atoms with van der Waals surface area (Å²) in [5.74, 6) is -1.31. The molecule has 1 unspecified atom stereocenters. The minimum absolute atomic E-state index is 0.304. The van der Waals surface area contributed by atoms with Gasteiger partial charge in [0.25, 0.3) is 0 Å². The highest BCUT2D eigenvalue weighted by atomic mass is 19.1. The van der Waals surface area contributed by atoms with Gasteiger partial charge in [-0.2, -0.15) is 0 Å². The van der Waals surface area contributed by atoms with Crippen LogP contribution < -0.4 is 0 Å². The molecule has 114 valence electrons. The summed E-state index contributed by atoms with van der Waals surface area (Å²) < 4.78 is 26.8. The highest BCUT2D eigenvalue weighted by molar-refractivity contribution is 5.23. The monoisotopic (exact) mass is 285 g/mol. The highest BCUT2D eigenvalue weighted by Crippen LogP contribution is 2.37. The van der Waals surface area contributed by atoms with Gasteiger partial charge in [0, 0.05) is 6.07 Å². The van der Waals surface area contributed by atoms with E-state index in [1.165, 1.54) is 12.1 Å². The molecule has 4 heteroatoms. The van der Waals surface area contributed by atoms with E-state index in [4.69, 9.17) is 0 Å². The number of nitrogens with zero attached hydrogens (tertiary/aromatic N) is 1. The Hall–Kier alpha value is -1.00. The van der Waals surface area contributed by atoms with E-state index in [2.05, 4.69) is 4.90 Å². The number of hydrogen-bond donors (Lipinski definition) is 1. The van der Waals surface area contributed by atoms with Crippen LogP contribution >= 0.6 is 0 Å². The number of aliphatic hydroxyl groups excluding tert-OH is 1. The minimum Gasteiger partial charge on any atom is -0.386 e. The van der Waals surface area contributed by atoms with Gasteiger partial charge in [0.15, 0.2) is 0 Å². The largest absolute Gasteiger partial charge is 0.386 e. The smallest absolute Gasteiger partial charge is 0.126 e. The maximum absolute atomic E-state index is 13.4. The normalized spacial score (nSPS) is 13.8. The van der Waals surface area contributed by atoms with Gasteiger partial charge < -0.3 is 5.11 Å². The summed E-state index contributed by atoms with van der Waals surface area (Å²) in [5.41, 5.74) is -0.192. The first-order valence-electron chi connectivity index (χ1n) is 7.34. The van der Waals surface area contributed by atoms with Crippen LogP contribution in [-0.2, 0) is 0 Å². The van der Waals surface area contributed by atoms with Crippen LogP contribution in [-0.4, -0.2) is 28.6 Å². The van der Waals surface area contributed by atoms with Gasteiger partial charge >= 0.3 is 0 Å². The third kappa shape index (κ3) is 3.18. The van der Waals surface area contributed by atoms with Crippen LogP contribution in [0.25, 0.3) is 0 Å². The van der Waals surface area contributed by atoms with Gasteiger partial charge in [0.2, 0.25) is 0 Å². The van der Waals surface area contributed by atoms with E-state index in [1.54, 1.807) is 0 Å². The minimum atomic E-state index is -0.914. The number of hydrogen-bond acceptors (Lipinski definition) is 2.